The Morgan fingerprint density at radius 2 is 1.96 bits per heavy atom. The first-order valence-electron chi connectivity index (χ1n) is 8.73. The molecule has 0 radical (unpaired) electrons. The van der Waals surface area contributed by atoms with Gasteiger partial charge < -0.3 is 23.9 Å². The number of nitrogens with zero attached hydrogens (tertiary/aromatic N) is 1. The van der Waals surface area contributed by atoms with Crippen molar-refractivity contribution in [3.8, 4) is 0 Å². The van der Waals surface area contributed by atoms with Gasteiger partial charge in [-0.3, -0.25) is 9.59 Å². The van der Waals surface area contributed by atoms with Crippen molar-refractivity contribution < 1.29 is 28.6 Å². The number of hydrogen-bond acceptors (Lipinski definition) is 7. The highest BCUT2D eigenvalue weighted by atomic mass is 16.5. The molecule has 146 valence electrons. The second-order valence-corrected chi connectivity index (χ2v) is 5.67. The van der Waals surface area contributed by atoms with Crippen LogP contribution in [0.15, 0.2) is 39.5 Å². The lowest BCUT2D eigenvalue weighted by Gasteiger charge is -2.22. The Balaban J connectivity index is 2.19. The van der Waals surface area contributed by atoms with Crippen molar-refractivity contribution in [2.24, 2.45) is 0 Å². The van der Waals surface area contributed by atoms with Crippen molar-refractivity contribution in [3.05, 3.63) is 46.3 Å². The number of fused-ring (bicyclic) bond motifs is 1. The first-order chi connectivity index (χ1) is 13.1. The normalized spacial score (nSPS) is 10.7. The van der Waals surface area contributed by atoms with E-state index >= 15 is 0 Å². The van der Waals surface area contributed by atoms with E-state index in [1.54, 1.807) is 31.2 Å². The lowest BCUT2D eigenvalue weighted by Crippen LogP contribution is -2.38. The average molecular weight is 377 g/mol. The van der Waals surface area contributed by atoms with Crippen molar-refractivity contribution in [3.63, 3.8) is 0 Å². The molecule has 0 aliphatic heterocycles. The minimum atomic E-state index is -0.740. The highest BCUT2D eigenvalue weighted by Crippen LogP contribution is 2.14. The van der Waals surface area contributed by atoms with E-state index in [1.165, 1.54) is 11.0 Å². The van der Waals surface area contributed by atoms with Crippen molar-refractivity contribution in [2.75, 3.05) is 39.5 Å². The summed E-state index contributed by atoms with van der Waals surface area (Å²) in [6.45, 7) is 2.35. The van der Waals surface area contributed by atoms with Gasteiger partial charge in [0, 0.05) is 18.5 Å². The van der Waals surface area contributed by atoms with E-state index in [1.807, 2.05) is 0 Å². The van der Waals surface area contributed by atoms with Gasteiger partial charge >= 0.3 is 11.6 Å². The largest absolute Gasteiger partial charge is 0.466 e. The Morgan fingerprint density at radius 1 is 1.19 bits per heavy atom. The molecule has 1 amide bonds. The molecule has 0 bridgehead atoms. The molecule has 2 rings (SSSR count). The van der Waals surface area contributed by atoms with Gasteiger partial charge in [-0.2, -0.15) is 0 Å². The summed E-state index contributed by atoms with van der Waals surface area (Å²) in [4.78, 5) is 38.0. The second kappa shape index (κ2) is 10.4. The molecule has 1 heterocycles. The van der Waals surface area contributed by atoms with Crippen molar-refractivity contribution in [1.82, 2.24) is 4.90 Å². The van der Waals surface area contributed by atoms with Gasteiger partial charge in [0.25, 0.3) is 5.91 Å². The van der Waals surface area contributed by atoms with Gasteiger partial charge in [0.2, 0.25) is 0 Å². The molecule has 1 aromatic carbocycles. The Bertz CT molecular complexity index is 830. The molecule has 8 heteroatoms. The van der Waals surface area contributed by atoms with Crippen LogP contribution in [0, 0.1) is 0 Å². The third kappa shape index (κ3) is 5.90. The number of carbonyl (C=O) groups is 2. The number of carbonyl (C=O) groups excluding carboxylic acids is 2. The fraction of sp³-hybridized carbons (Fsp3) is 0.421. The van der Waals surface area contributed by atoms with Gasteiger partial charge in [-0.1, -0.05) is 18.2 Å². The number of ether oxygens (including phenoxy) is 2. The van der Waals surface area contributed by atoms with Gasteiger partial charge in [-0.05, 0) is 19.1 Å². The van der Waals surface area contributed by atoms with E-state index in [0.717, 1.165) is 0 Å². The number of para-hydroxylation sites is 1. The van der Waals surface area contributed by atoms with E-state index in [9.17, 15) is 14.4 Å². The molecule has 1 aromatic heterocycles. The summed E-state index contributed by atoms with van der Waals surface area (Å²) in [7, 11) is 0. The van der Waals surface area contributed by atoms with Crippen LogP contribution in [0.5, 0.6) is 0 Å². The summed E-state index contributed by atoms with van der Waals surface area (Å²) in [5.41, 5.74) is -0.459. The molecule has 8 nitrogen and oxygen atoms in total. The summed E-state index contributed by atoms with van der Waals surface area (Å²) in [6, 6.07) is 8.37. The first-order valence-corrected chi connectivity index (χ1v) is 8.73. The summed E-state index contributed by atoms with van der Waals surface area (Å²) in [6.07, 6.45) is -0.00149. The average Bonchev–Trinajstić information content (AvgIpc) is 2.66. The highest BCUT2D eigenvalue weighted by Gasteiger charge is 2.21. The van der Waals surface area contributed by atoms with Crippen molar-refractivity contribution >= 4 is 22.8 Å². The zero-order chi connectivity index (χ0) is 19.6. The maximum atomic E-state index is 12.9. The Kier molecular flexibility index (Phi) is 7.97. The number of aliphatic hydroxyl groups excluding tert-OH is 1. The molecule has 0 atom stereocenters. The van der Waals surface area contributed by atoms with Crippen LogP contribution in [-0.2, 0) is 14.3 Å². The number of amides is 1. The predicted octanol–water partition coefficient (Wildman–Crippen LogP) is 1.20. The van der Waals surface area contributed by atoms with Crippen LogP contribution < -0.4 is 5.63 Å². The third-order valence-corrected chi connectivity index (χ3v) is 3.79. The van der Waals surface area contributed by atoms with Gasteiger partial charge in [0.05, 0.1) is 32.8 Å². The van der Waals surface area contributed by atoms with Crippen LogP contribution in [0.3, 0.4) is 0 Å². The molecule has 0 unspecified atom stereocenters. The van der Waals surface area contributed by atoms with Gasteiger partial charge in [0.15, 0.2) is 0 Å². The molecule has 27 heavy (non-hydrogen) atoms. The Hall–Kier alpha value is -2.71. The van der Waals surface area contributed by atoms with E-state index in [0.29, 0.717) is 11.0 Å². The summed E-state index contributed by atoms with van der Waals surface area (Å²) < 4.78 is 15.3. The van der Waals surface area contributed by atoms with E-state index < -0.39 is 17.5 Å². The molecule has 2 aromatic rings. The quantitative estimate of drug-likeness (QED) is 0.377. The molecule has 0 spiro atoms. The minimum absolute atomic E-state index is 0.00149. The third-order valence-electron chi connectivity index (χ3n) is 3.79. The summed E-state index contributed by atoms with van der Waals surface area (Å²) in [5.74, 6) is -0.983. The van der Waals surface area contributed by atoms with Gasteiger partial charge in [0.1, 0.15) is 11.1 Å². The number of hydrogen-bond donors (Lipinski definition) is 1. The highest BCUT2D eigenvalue weighted by molar-refractivity contribution is 5.96. The zero-order valence-electron chi connectivity index (χ0n) is 15.2. The maximum absolute atomic E-state index is 12.9. The fourth-order valence-corrected chi connectivity index (χ4v) is 2.50. The maximum Gasteiger partial charge on any atom is 0.349 e. The van der Waals surface area contributed by atoms with Crippen LogP contribution >= 0.6 is 0 Å². The SMILES string of the molecule is CCOC(=O)CCN(CCOCCO)C(=O)c1cc2ccccc2oc1=O. The number of benzene rings is 1. The van der Waals surface area contributed by atoms with Gasteiger partial charge in [-0.15, -0.1) is 0 Å². The molecule has 0 aliphatic carbocycles. The number of esters is 1. The molecule has 0 saturated heterocycles. The van der Waals surface area contributed by atoms with E-state index in [-0.39, 0.29) is 51.5 Å². The smallest absolute Gasteiger partial charge is 0.349 e. The van der Waals surface area contributed by atoms with Crippen LogP contribution in [0.2, 0.25) is 0 Å². The van der Waals surface area contributed by atoms with E-state index in [2.05, 4.69) is 0 Å². The fourth-order valence-electron chi connectivity index (χ4n) is 2.50. The molecular weight excluding hydrogens is 354 g/mol. The lowest BCUT2D eigenvalue weighted by atomic mass is 10.1. The van der Waals surface area contributed by atoms with Crippen LogP contribution in [0.1, 0.15) is 23.7 Å². The molecule has 0 saturated carbocycles. The molecule has 1 N–H and O–H groups in total. The van der Waals surface area contributed by atoms with E-state index in [4.69, 9.17) is 19.0 Å². The molecule has 0 fully saturated rings. The number of aliphatic hydroxyl groups is 1. The summed E-state index contributed by atoms with van der Waals surface area (Å²) in [5, 5.41) is 9.40. The minimum Gasteiger partial charge on any atom is -0.466 e. The monoisotopic (exact) mass is 377 g/mol. The van der Waals surface area contributed by atoms with Crippen molar-refractivity contribution in [2.45, 2.75) is 13.3 Å². The predicted molar refractivity (Wildman–Crippen MR) is 97.5 cm³/mol. The van der Waals surface area contributed by atoms with Crippen molar-refractivity contribution in [1.29, 1.82) is 0 Å². The Labute approximate surface area is 156 Å². The van der Waals surface area contributed by atoms with Crippen LogP contribution in [0.4, 0.5) is 0 Å². The van der Waals surface area contributed by atoms with Crippen LogP contribution in [-0.4, -0.2) is 61.4 Å². The standard InChI is InChI=1S/C19H23NO7/c1-2-26-17(22)7-8-20(9-11-25-12-10-21)18(23)15-13-14-5-3-4-6-16(14)27-19(15)24/h3-6,13,21H,2,7-12H2,1H3. The first kappa shape index (κ1) is 20.6. The second-order valence-electron chi connectivity index (χ2n) is 5.67. The number of rotatable bonds is 10. The lowest BCUT2D eigenvalue weighted by molar-refractivity contribution is -0.143. The Morgan fingerprint density at radius 3 is 2.70 bits per heavy atom. The zero-order valence-corrected chi connectivity index (χ0v) is 15.2. The summed E-state index contributed by atoms with van der Waals surface area (Å²) >= 11 is 0. The van der Waals surface area contributed by atoms with Gasteiger partial charge in [-0.25, -0.2) is 4.79 Å². The molecular formula is C19H23NO7. The molecule has 0 aliphatic rings. The van der Waals surface area contributed by atoms with Crippen LogP contribution in [0.25, 0.3) is 11.0 Å². The topological polar surface area (TPSA) is 106 Å².